The van der Waals surface area contributed by atoms with Gasteiger partial charge in [-0.15, -0.1) is 10.2 Å². The smallest absolute Gasteiger partial charge is 0.253 e. The van der Waals surface area contributed by atoms with Gasteiger partial charge in [0.15, 0.2) is 0 Å². The lowest BCUT2D eigenvalue weighted by Gasteiger charge is -2.31. The first-order valence-corrected chi connectivity index (χ1v) is 10.5. The van der Waals surface area contributed by atoms with Crippen molar-refractivity contribution in [3.8, 4) is 11.4 Å². The average molecular weight is 520 g/mol. The number of hydrogen-bond acceptors (Lipinski definition) is 5. The first kappa shape index (κ1) is 20.4. The number of halogens is 2. The molecule has 30 heavy (non-hydrogen) atoms. The molecule has 10 heteroatoms. The molecule has 0 unspecified atom stereocenters. The molecule has 3 aromatic rings. The summed E-state index contributed by atoms with van der Waals surface area (Å²) in [5.41, 5.74) is 1.86. The van der Waals surface area contributed by atoms with E-state index in [1.807, 2.05) is 34.7 Å². The summed E-state index contributed by atoms with van der Waals surface area (Å²) in [6.45, 7) is 0.960. The van der Waals surface area contributed by atoms with Gasteiger partial charge in [0.1, 0.15) is 5.82 Å². The number of anilines is 1. The summed E-state index contributed by atoms with van der Waals surface area (Å²) < 4.78 is 13.9. The number of H-pyrrole nitrogens is 1. The van der Waals surface area contributed by atoms with Gasteiger partial charge in [0, 0.05) is 39.4 Å². The monoisotopic (exact) mass is 520 g/mol. The Morgan fingerprint density at radius 1 is 1.17 bits per heavy atom. The molecule has 1 fully saturated rings. The van der Waals surface area contributed by atoms with Crippen LogP contribution in [0.1, 0.15) is 23.2 Å². The fourth-order valence-electron chi connectivity index (χ4n) is 3.42. The van der Waals surface area contributed by atoms with Gasteiger partial charge in [0.25, 0.3) is 5.91 Å². The largest absolute Gasteiger partial charge is 0.339 e. The van der Waals surface area contributed by atoms with Gasteiger partial charge in [-0.1, -0.05) is 12.1 Å². The molecule has 2 aromatic carbocycles. The van der Waals surface area contributed by atoms with E-state index < -0.39 is 0 Å². The number of aromatic nitrogens is 4. The number of carbonyl (C=O) groups excluding carboxylic acids is 2. The number of aromatic amines is 1. The average Bonchev–Trinajstić information content (AvgIpc) is 3.30. The molecule has 8 nitrogen and oxygen atoms in total. The molecule has 1 aliphatic rings. The highest BCUT2D eigenvalue weighted by atomic mass is 127. The van der Waals surface area contributed by atoms with Crippen molar-refractivity contribution in [2.75, 3.05) is 18.4 Å². The van der Waals surface area contributed by atoms with Gasteiger partial charge in [-0.25, -0.2) is 4.39 Å². The Balaban J connectivity index is 1.35. The normalized spacial score (nSPS) is 14.5. The Morgan fingerprint density at radius 3 is 2.67 bits per heavy atom. The zero-order valence-electron chi connectivity index (χ0n) is 15.8. The summed E-state index contributed by atoms with van der Waals surface area (Å²) in [5.74, 6) is -0.293. The molecule has 0 atom stereocenters. The van der Waals surface area contributed by atoms with Crippen LogP contribution in [0.5, 0.6) is 0 Å². The molecular formula is C20H18FIN6O2. The van der Waals surface area contributed by atoms with Gasteiger partial charge in [0.2, 0.25) is 11.7 Å². The van der Waals surface area contributed by atoms with Crippen LogP contribution in [-0.4, -0.2) is 50.4 Å². The molecule has 1 saturated heterocycles. The first-order chi connectivity index (χ1) is 14.5. The van der Waals surface area contributed by atoms with Crippen molar-refractivity contribution in [1.82, 2.24) is 25.5 Å². The van der Waals surface area contributed by atoms with Crippen LogP contribution in [0.25, 0.3) is 11.4 Å². The second kappa shape index (κ2) is 8.86. The third-order valence-corrected chi connectivity index (χ3v) is 5.88. The van der Waals surface area contributed by atoms with Gasteiger partial charge in [-0.3, -0.25) is 9.59 Å². The highest BCUT2D eigenvalue weighted by Crippen LogP contribution is 2.23. The van der Waals surface area contributed by atoms with E-state index in [2.05, 4.69) is 25.9 Å². The number of rotatable bonds is 4. The SMILES string of the molecule is O=C(Nc1cccc(-c2nn[nH]n2)c1)C1CCN(C(=O)c2ccc(F)c(I)c2)CC1. The Hall–Kier alpha value is -2.89. The zero-order chi connectivity index (χ0) is 21.1. The number of piperidine rings is 1. The van der Waals surface area contributed by atoms with Crippen molar-refractivity contribution < 1.29 is 14.0 Å². The van der Waals surface area contributed by atoms with Gasteiger partial charge < -0.3 is 10.2 Å². The standard InChI is InChI=1S/C20H18FIN6O2/c21-16-5-4-14(11-17(16)22)20(30)28-8-6-12(7-9-28)19(29)23-15-3-1-2-13(10-15)18-24-26-27-25-18/h1-5,10-12H,6-9H2,(H,23,29)(H,24,25,26,27). The van der Waals surface area contributed by atoms with E-state index in [0.717, 1.165) is 5.56 Å². The van der Waals surface area contributed by atoms with Crippen LogP contribution in [0, 0.1) is 15.3 Å². The second-order valence-electron chi connectivity index (χ2n) is 7.00. The number of tetrazole rings is 1. The Kier molecular flexibility index (Phi) is 6.02. The molecule has 0 bridgehead atoms. The first-order valence-electron chi connectivity index (χ1n) is 9.40. The van der Waals surface area contributed by atoms with Crippen molar-refractivity contribution in [2.45, 2.75) is 12.8 Å². The van der Waals surface area contributed by atoms with Crippen LogP contribution >= 0.6 is 22.6 Å². The van der Waals surface area contributed by atoms with E-state index in [0.29, 0.717) is 46.6 Å². The van der Waals surface area contributed by atoms with Crippen LogP contribution in [0.2, 0.25) is 0 Å². The maximum atomic E-state index is 13.4. The molecule has 2 heterocycles. The number of benzene rings is 2. The third-order valence-electron chi connectivity index (χ3n) is 5.05. The Morgan fingerprint density at radius 2 is 1.97 bits per heavy atom. The van der Waals surface area contributed by atoms with Crippen LogP contribution in [0.4, 0.5) is 10.1 Å². The Bertz CT molecular complexity index is 1070. The lowest BCUT2D eigenvalue weighted by Crippen LogP contribution is -2.41. The van der Waals surface area contributed by atoms with Crippen LogP contribution in [-0.2, 0) is 4.79 Å². The molecule has 0 saturated carbocycles. The lowest BCUT2D eigenvalue weighted by molar-refractivity contribution is -0.121. The van der Waals surface area contributed by atoms with Crippen LogP contribution in [0.3, 0.4) is 0 Å². The quantitative estimate of drug-likeness (QED) is 0.515. The van der Waals surface area contributed by atoms with Gasteiger partial charge >= 0.3 is 0 Å². The fraction of sp³-hybridized carbons (Fsp3) is 0.250. The molecular weight excluding hydrogens is 502 g/mol. The molecule has 2 amide bonds. The molecule has 1 aliphatic heterocycles. The summed E-state index contributed by atoms with van der Waals surface area (Å²) >= 11 is 1.87. The minimum atomic E-state index is -0.342. The number of hydrogen-bond donors (Lipinski definition) is 2. The predicted octanol–water partition coefficient (Wildman–Crippen LogP) is 3.10. The second-order valence-corrected chi connectivity index (χ2v) is 8.16. The van der Waals surface area contributed by atoms with Crippen molar-refractivity contribution >= 4 is 40.1 Å². The molecule has 0 aliphatic carbocycles. The summed E-state index contributed by atoms with van der Waals surface area (Å²) in [7, 11) is 0. The summed E-state index contributed by atoms with van der Waals surface area (Å²) in [6, 6.07) is 11.6. The van der Waals surface area contributed by atoms with E-state index in [1.165, 1.54) is 12.1 Å². The fourth-order valence-corrected chi connectivity index (χ4v) is 3.94. The number of amides is 2. The number of nitrogens with one attached hydrogen (secondary N) is 2. The number of likely N-dealkylation sites (tertiary alicyclic amines) is 1. The molecule has 2 N–H and O–H groups in total. The number of nitrogens with zero attached hydrogens (tertiary/aromatic N) is 4. The predicted molar refractivity (Wildman–Crippen MR) is 116 cm³/mol. The molecule has 1 aromatic heterocycles. The lowest BCUT2D eigenvalue weighted by atomic mass is 9.95. The highest BCUT2D eigenvalue weighted by molar-refractivity contribution is 14.1. The van der Waals surface area contributed by atoms with Gasteiger partial charge in [0.05, 0.1) is 0 Å². The van der Waals surface area contributed by atoms with Crippen molar-refractivity contribution in [2.24, 2.45) is 5.92 Å². The van der Waals surface area contributed by atoms with E-state index in [-0.39, 0.29) is 23.5 Å². The van der Waals surface area contributed by atoms with Gasteiger partial charge in [-0.2, -0.15) is 5.21 Å². The highest BCUT2D eigenvalue weighted by Gasteiger charge is 2.28. The van der Waals surface area contributed by atoms with E-state index >= 15 is 0 Å². The van der Waals surface area contributed by atoms with Crippen molar-refractivity contribution in [3.63, 3.8) is 0 Å². The van der Waals surface area contributed by atoms with E-state index in [1.54, 1.807) is 23.1 Å². The van der Waals surface area contributed by atoms with Crippen molar-refractivity contribution in [3.05, 3.63) is 57.4 Å². The maximum Gasteiger partial charge on any atom is 0.253 e. The molecule has 154 valence electrons. The van der Waals surface area contributed by atoms with Crippen LogP contribution < -0.4 is 5.32 Å². The minimum absolute atomic E-state index is 0.0799. The third kappa shape index (κ3) is 4.48. The summed E-state index contributed by atoms with van der Waals surface area (Å²) in [5, 5.41) is 16.8. The Labute approximate surface area is 185 Å². The molecule has 0 spiro atoms. The zero-order valence-corrected chi connectivity index (χ0v) is 18.0. The van der Waals surface area contributed by atoms with E-state index in [9.17, 15) is 14.0 Å². The van der Waals surface area contributed by atoms with Crippen molar-refractivity contribution in [1.29, 1.82) is 0 Å². The molecule has 0 radical (unpaired) electrons. The topological polar surface area (TPSA) is 104 Å². The summed E-state index contributed by atoms with van der Waals surface area (Å²) in [6.07, 6.45) is 1.14. The minimum Gasteiger partial charge on any atom is -0.339 e. The van der Waals surface area contributed by atoms with Gasteiger partial charge in [-0.05, 0) is 71.0 Å². The van der Waals surface area contributed by atoms with E-state index in [4.69, 9.17) is 0 Å². The maximum absolute atomic E-state index is 13.4. The summed E-state index contributed by atoms with van der Waals surface area (Å²) in [4.78, 5) is 27.1. The van der Waals surface area contributed by atoms with Crippen LogP contribution in [0.15, 0.2) is 42.5 Å². The number of carbonyl (C=O) groups is 2. The molecule has 4 rings (SSSR count).